The van der Waals surface area contributed by atoms with Crippen molar-refractivity contribution in [1.82, 2.24) is 0 Å². The molecule has 0 aromatic rings. The molecule has 0 amide bonds. The Morgan fingerprint density at radius 3 is 2.71 bits per heavy atom. The molecule has 0 spiro atoms. The predicted octanol–water partition coefficient (Wildman–Crippen LogP) is 2.32. The van der Waals surface area contributed by atoms with Crippen LogP contribution in [0.25, 0.3) is 0 Å². The minimum absolute atomic E-state index is 0.291. The van der Waals surface area contributed by atoms with Crippen LogP contribution in [0.1, 0.15) is 46.0 Å². The van der Waals surface area contributed by atoms with Crippen molar-refractivity contribution in [1.29, 1.82) is 0 Å². The Hall–Kier alpha value is -0.0831. The van der Waals surface area contributed by atoms with Crippen LogP contribution in [0.4, 0.5) is 0 Å². The van der Waals surface area contributed by atoms with Crippen LogP contribution in [0.5, 0.6) is 0 Å². The Balaban J connectivity index is 2.39. The van der Waals surface area contributed by atoms with Crippen molar-refractivity contribution in [3.63, 3.8) is 0 Å². The highest BCUT2D eigenvalue weighted by molar-refractivity contribution is 7.98. The van der Waals surface area contributed by atoms with Gasteiger partial charge in [-0.3, -0.25) is 4.79 Å². The zero-order valence-corrected chi connectivity index (χ0v) is 15.0. The molecule has 1 saturated heterocycles. The molecule has 2 aliphatic rings. The molecule has 7 heteroatoms. The Bertz CT molecular complexity index is 380. The summed E-state index contributed by atoms with van der Waals surface area (Å²) < 4.78 is 17.7. The summed E-state index contributed by atoms with van der Waals surface area (Å²) in [4.78, 5) is 12.6. The number of hydrogen-bond acceptors (Lipinski definition) is 6. The van der Waals surface area contributed by atoms with E-state index in [-0.39, 0.29) is 5.97 Å². The summed E-state index contributed by atoms with van der Waals surface area (Å²) in [5, 5.41) is -1.09. The number of thioether (sulfide) groups is 1. The fourth-order valence-corrected chi connectivity index (χ4v) is 8.93. The van der Waals surface area contributed by atoms with Crippen LogP contribution >= 0.6 is 11.8 Å². The van der Waals surface area contributed by atoms with Crippen molar-refractivity contribution in [3.05, 3.63) is 0 Å². The fraction of sp³-hybridized carbons (Fsp3) is 0.929. The summed E-state index contributed by atoms with van der Waals surface area (Å²) in [5.41, 5.74) is 6.91. The number of esters is 1. The van der Waals surface area contributed by atoms with E-state index < -0.39 is 20.0 Å². The molecule has 2 rings (SSSR count). The average molecular weight is 334 g/mol. The molecule has 3 atom stereocenters. The van der Waals surface area contributed by atoms with Gasteiger partial charge >= 0.3 is 14.5 Å². The molecule has 1 aliphatic heterocycles. The zero-order chi connectivity index (χ0) is 15.5. The second-order valence-corrected chi connectivity index (χ2v) is 10.4. The van der Waals surface area contributed by atoms with Gasteiger partial charge in [0, 0.05) is 12.1 Å². The van der Waals surface area contributed by atoms with Gasteiger partial charge in [-0.2, -0.15) is 11.8 Å². The maximum Gasteiger partial charge on any atom is 0.376 e. The summed E-state index contributed by atoms with van der Waals surface area (Å²) in [6.45, 7) is 4.25. The molecule has 1 aliphatic carbocycles. The van der Waals surface area contributed by atoms with Gasteiger partial charge in [0.1, 0.15) is 0 Å². The number of ether oxygens (including phenoxy) is 1. The van der Waals surface area contributed by atoms with Gasteiger partial charge in [0.05, 0.1) is 0 Å². The van der Waals surface area contributed by atoms with E-state index in [9.17, 15) is 4.79 Å². The molecule has 122 valence electrons. The normalized spacial score (nSPS) is 37.7. The van der Waals surface area contributed by atoms with Gasteiger partial charge in [0.25, 0.3) is 0 Å². The molecule has 0 aromatic carbocycles. The lowest BCUT2D eigenvalue weighted by molar-refractivity contribution is -0.181. The Kier molecular flexibility index (Phi) is 5.75. The van der Waals surface area contributed by atoms with E-state index in [0.717, 1.165) is 31.4 Å². The molecule has 3 unspecified atom stereocenters. The van der Waals surface area contributed by atoms with Crippen molar-refractivity contribution >= 4 is 26.3 Å². The average Bonchev–Trinajstić information content (AvgIpc) is 2.97. The van der Waals surface area contributed by atoms with Crippen LogP contribution in [0, 0.1) is 0 Å². The smallest absolute Gasteiger partial charge is 0.376 e. The van der Waals surface area contributed by atoms with E-state index in [1.165, 1.54) is 0 Å². The minimum atomic E-state index is -2.88. The van der Waals surface area contributed by atoms with Crippen LogP contribution in [-0.2, 0) is 18.4 Å². The molecule has 1 heterocycles. The van der Waals surface area contributed by atoms with Crippen molar-refractivity contribution < 1.29 is 18.4 Å². The zero-order valence-electron chi connectivity index (χ0n) is 13.2. The van der Waals surface area contributed by atoms with Crippen LogP contribution < -0.4 is 5.73 Å². The third-order valence-electron chi connectivity index (χ3n) is 4.55. The Labute approximate surface area is 132 Å². The van der Waals surface area contributed by atoms with Gasteiger partial charge in [-0.15, -0.1) is 0 Å². The summed E-state index contributed by atoms with van der Waals surface area (Å²) >= 11 is 1.68. The van der Waals surface area contributed by atoms with Crippen LogP contribution in [0.15, 0.2) is 0 Å². The predicted molar refractivity (Wildman–Crippen MR) is 86.2 cm³/mol. The minimum Gasteiger partial charge on any atom is -0.436 e. The third kappa shape index (κ3) is 3.03. The van der Waals surface area contributed by atoms with Gasteiger partial charge in [0.2, 0.25) is 0 Å². The number of cyclic esters (lactones) is 1. The first-order chi connectivity index (χ1) is 10.00. The molecular weight excluding hydrogens is 306 g/mol. The molecular formula is C14H27NO4SSi. The van der Waals surface area contributed by atoms with Crippen molar-refractivity contribution in [2.45, 2.75) is 62.9 Å². The molecule has 0 aromatic heterocycles. The van der Waals surface area contributed by atoms with Crippen LogP contribution in [0.2, 0.25) is 5.54 Å². The number of carbonyl (C=O) groups is 1. The molecule has 21 heavy (non-hydrogen) atoms. The lowest BCUT2D eigenvalue weighted by Gasteiger charge is -2.50. The highest BCUT2D eigenvalue weighted by Crippen LogP contribution is 2.48. The lowest BCUT2D eigenvalue weighted by atomic mass is 10.2. The quantitative estimate of drug-likeness (QED) is 0.594. The van der Waals surface area contributed by atoms with Gasteiger partial charge < -0.3 is 19.3 Å². The van der Waals surface area contributed by atoms with E-state index in [1.807, 2.05) is 13.2 Å². The SMILES string of the molecule is CCO[Si]1(C2CCCC2)OC(C)OC(=O)C1(N)CCSC. The second-order valence-electron chi connectivity index (χ2n) is 5.89. The highest BCUT2D eigenvalue weighted by Gasteiger charge is 2.68. The molecule has 0 radical (unpaired) electrons. The van der Waals surface area contributed by atoms with Gasteiger partial charge in [0.15, 0.2) is 11.5 Å². The molecule has 0 bridgehead atoms. The summed E-state index contributed by atoms with van der Waals surface area (Å²) in [6, 6.07) is 0. The summed E-state index contributed by atoms with van der Waals surface area (Å²) in [5.74, 6) is 0.472. The summed E-state index contributed by atoms with van der Waals surface area (Å²) in [6.07, 6.45) is 6.44. The van der Waals surface area contributed by atoms with E-state index in [1.54, 1.807) is 18.7 Å². The summed E-state index contributed by atoms with van der Waals surface area (Å²) in [7, 11) is -2.88. The Morgan fingerprint density at radius 2 is 2.14 bits per heavy atom. The monoisotopic (exact) mass is 333 g/mol. The number of hydrogen-bond donors (Lipinski definition) is 1. The van der Waals surface area contributed by atoms with Crippen molar-refractivity contribution in [2.75, 3.05) is 18.6 Å². The van der Waals surface area contributed by atoms with Crippen molar-refractivity contribution in [2.24, 2.45) is 5.73 Å². The fourth-order valence-electron chi connectivity index (χ4n) is 3.57. The van der Waals surface area contributed by atoms with E-state index in [4.69, 9.17) is 19.3 Å². The topological polar surface area (TPSA) is 70.8 Å². The molecule has 5 nitrogen and oxygen atoms in total. The van der Waals surface area contributed by atoms with Gasteiger partial charge in [-0.25, -0.2) is 0 Å². The lowest BCUT2D eigenvalue weighted by Crippen LogP contribution is -2.78. The van der Waals surface area contributed by atoms with Gasteiger partial charge in [-0.1, -0.05) is 12.8 Å². The van der Waals surface area contributed by atoms with Crippen LogP contribution in [-0.4, -0.2) is 44.6 Å². The molecule has 1 saturated carbocycles. The van der Waals surface area contributed by atoms with Crippen LogP contribution in [0.3, 0.4) is 0 Å². The Morgan fingerprint density at radius 1 is 1.48 bits per heavy atom. The first-order valence-corrected chi connectivity index (χ1v) is 11.1. The first kappa shape index (κ1) is 17.3. The van der Waals surface area contributed by atoms with E-state index in [0.29, 0.717) is 18.6 Å². The molecule has 2 fully saturated rings. The third-order valence-corrected chi connectivity index (χ3v) is 9.91. The molecule has 2 N–H and O–H groups in total. The number of nitrogens with two attached hydrogens (primary N) is 1. The number of rotatable bonds is 6. The standard InChI is InChI=1S/C14H27NO4SSi/c1-4-17-21(12-7-5-6-8-12)14(15,9-10-20-3)13(16)18-11(2)19-21/h11-12H,4-10,15H2,1-3H3. The highest BCUT2D eigenvalue weighted by atomic mass is 32.2. The van der Waals surface area contributed by atoms with E-state index >= 15 is 0 Å². The second kappa shape index (κ2) is 7.00. The maximum atomic E-state index is 12.6. The largest absolute Gasteiger partial charge is 0.436 e. The van der Waals surface area contributed by atoms with Gasteiger partial charge in [-0.05, 0) is 45.1 Å². The first-order valence-electron chi connectivity index (χ1n) is 7.81. The van der Waals surface area contributed by atoms with E-state index in [2.05, 4.69) is 0 Å². The van der Waals surface area contributed by atoms with Crippen molar-refractivity contribution in [3.8, 4) is 0 Å². The number of carbonyl (C=O) groups excluding carboxylic acids is 1. The maximum absolute atomic E-state index is 12.6.